The van der Waals surface area contributed by atoms with Gasteiger partial charge in [-0.15, -0.1) is 10.2 Å². The Kier molecular flexibility index (Phi) is 5.32. The van der Waals surface area contributed by atoms with Crippen molar-refractivity contribution < 1.29 is 4.79 Å². The highest BCUT2D eigenvalue weighted by molar-refractivity contribution is 7.99. The number of benzene rings is 1. The molecule has 0 aliphatic heterocycles. The smallest absolute Gasteiger partial charge is 0.191 e. The highest BCUT2D eigenvalue weighted by Crippen LogP contribution is 2.26. The number of ketones is 1. The minimum Gasteiger partial charge on any atom is -0.349 e. The van der Waals surface area contributed by atoms with Crippen LogP contribution in [0, 0.1) is 20.8 Å². The third kappa shape index (κ3) is 3.33. The van der Waals surface area contributed by atoms with E-state index in [9.17, 15) is 4.79 Å². The minimum absolute atomic E-state index is 0.128. The second-order valence-electron chi connectivity index (χ2n) is 6.42. The van der Waals surface area contributed by atoms with Crippen molar-refractivity contribution in [2.45, 2.75) is 39.4 Å². The summed E-state index contributed by atoms with van der Waals surface area (Å²) in [5, 5.41) is 9.35. The second kappa shape index (κ2) is 7.50. The van der Waals surface area contributed by atoms with Crippen LogP contribution in [0.15, 0.2) is 35.5 Å². The van der Waals surface area contributed by atoms with Gasteiger partial charge in [0.05, 0.1) is 5.75 Å². The van der Waals surface area contributed by atoms with Crippen molar-refractivity contribution >= 4 is 17.5 Å². The number of Topliss-reactive ketones (excluding diaryl/α,β-unsaturated/α-hetero) is 1. The van der Waals surface area contributed by atoms with Crippen LogP contribution in [0.1, 0.15) is 34.2 Å². The van der Waals surface area contributed by atoms with E-state index < -0.39 is 0 Å². The predicted molar refractivity (Wildman–Crippen MR) is 106 cm³/mol. The molecule has 0 N–H and O–H groups in total. The standard InChI is InChI=1S/C20H24N4OS/c1-6-24-14(3)11-17(15(24)4)18(25)12-26-20-22-21-19(23(20)5)16-10-8-7-9-13(16)2/h7-11H,6,12H2,1-5H3. The Hall–Kier alpha value is -2.34. The number of rotatable bonds is 6. The lowest BCUT2D eigenvalue weighted by molar-refractivity contribution is 0.102. The van der Waals surface area contributed by atoms with Crippen molar-refractivity contribution in [2.24, 2.45) is 7.05 Å². The van der Waals surface area contributed by atoms with Gasteiger partial charge in [0.1, 0.15) is 0 Å². The molecular weight excluding hydrogens is 344 g/mol. The van der Waals surface area contributed by atoms with Crippen LogP contribution in [0.2, 0.25) is 0 Å². The summed E-state index contributed by atoms with van der Waals surface area (Å²) in [6.07, 6.45) is 0. The van der Waals surface area contributed by atoms with E-state index in [1.165, 1.54) is 11.8 Å². The van der Waals surface area contributed by atoms with E-state index in [2.05, 4.69) is 34.7 Å². The van der Waals surface area contributed by atoms with Gasteiger partial charge in [0.15, 0.2) is 16.8 Å². The summed E-state index contributed by atoms with van der Waals surface area (Å²) in [5.74, 6) is 1.30. The molecule has 0 aliphatic carbocycles. The summed E-state index contributed by atoms with van der Waals surface area (Å²) >= 11 is 1.43. The maximum Gasteiger partial charge on any atom is 0.191 e. The predicted octanol–water partition coefficient (Wildman–Crippen LogP) is 4.20. The molecule has 0 atom stereocenters. The van der Waals surface area contributed by atoms with Gasteiger partial charge < -0.3 is 9.13 Å². The maximum absolute atomic E-state index is 12.7. The number of hydrogen-bond acceptors (Lipinski definition) is 4. The first-order valence-electron chi connectivity index (χ1n) is 8.72. The normalized spacial score (nSPS) is 11.1. The molecule has 0 bridgehead atoms. The van der Waals surface area contributed by atoms with E-state index in [1.54, 1.807) is 0 Å². The molecule has 0 aliphatic rings. The SMILES string of the molecule is CCn1c(C)cc(C(=O)CSc2nnc(-c3ccccc3C)n2C)c1C. The van der Waals surface area contributed by atoms with Crippen molar-refractivity contribution in [3.63, 3.8) is 0 Å². The average molecular weight is 369 g/mol. The molecule has 5 nitrogen and oxygen atoms in total. The molecule has 2 heterocycles. The van der Waals surface area contributed by atoms with Crippen LogP contribution >= 0.6 is 11.8 Å². The molecular formula is C20H24N4OS. The van der Waals surface area contributed by atoms with Crippen LogP contribution in [0.3, 0.4) is 0 Å². The first kappa shape index (κ1) is 18.5. The number of aromatic nitrogens is 4. The van der Waals surface area contributed by atoms with E-state index in [0.29, 0.717) is 5.75 Å². The molecule has 2 aromatic heterocycles. The first-order chi connectivity index (χ1) is 12.4. The van der Waals surface area contributed by atoms with Crippen molar-refractivity contribution in [1.82, 2.24) is 19.3 Å². The van der Waals surface area contributed by atoms with Gasteiger partial charge in [-0.05, 0) is 39.3 Å². The number of hydrogen-bond donors (Lipinski definition) is 0. The molecule has 0 spiro atoms. The molecule has 0 fully saturated rings. The lowest BCUT2D eigenvalue weighted by Crippen LogP contribution is -2.06. The highest BCUT2D eigenvalue weighted by atomic mass is 32.2. The quantitative estimate of drug-likeness (QED) is 0.483. The number of carbonyl (C=O) groups excluding carboxylic acids is 1. The van der Waals surface area contributed by atoms with Crippen molar-refractivity contribution in [1.29, 1.82) is 0 Å². The maximum atomic E-state index is 12.7. The minimum atomic E-state index is 0.128. The number of aryl methyl sites for hydroxylation is 2. The van der Waals surface area contributed by atoms with Crippen molar-refractivity contribution in [2.75, 3.05) is 5.75 Å². The van der Waals surface area contributed by atoms with Crippen LogP contribution in [0.5, 0.6) is 0 Å². The van der Waals surface area contributed by atoms with Crippen molar-refractivity contribution in [3.8, 4) is 11.4 Å². The molecule has 136 valence electrons. The third-order valence-electron chi connectivity index (χ3n) is 4.74. The Labute approximate surface area is 158 Å². The summed E-state index contributed by atoms with van der Waals surface area (Å²) in [7, 11) is 1.94. The molecule has 26 heavy (non-hydrogen) atoms. The zero-order valence-corrected chi connectivity index (χ0v) is 16.7. The Morgan fingerprint density at radius 2 is 1.88 bits per heavy atom. The molecule has 1 aromatic carbocycles. The Morgan fingerprint density at radius 3 is 2.54 bits per heavy atom. The van der Waals surface area contributed by atoms with Gasteiger partial charge in [-0.1, -0.05) is 36.0 Å². The van der Waals surface area contributed by atoms with Crippen LogP contribution < -0.4 is 0 Å². The molecule has 0 amide bonds. The lowest BCUT2D eigenvalue weighted by Gasteiger charge is -2.07. The van der Waals surface area contributed by atoms with E-state index in [4.69, 9.17) is 0 Å². The molecule has 0 saturated carbocycles. The van der Waals surface area contributed by atoms with Gasteiger partial charge in [0.25, 0.3) is 0 Å². The summed E-state index contributed by atoms with van der Waals surface area (Å²) in [6, 6.07) is 10.1. The zero-order chi connectivity index (χ0) is 18.8. The topological polar surface area (TPSA) is 52.7 Å². The fraction of sp³-hybridized carbons (Fsp3) is 0.350. The zero-order valence-electron chi connectivity index (χ0n) is 15.9. The lowest BCUT2D eigenvalue weighted by atomic mass is 10.1. The molecule has 0 unspecified atom stereocenters. The fourth-order valence-corrected chi connectivity index (χ4v) is 4.07. The number of carbonyl (C=O) groups is 1. The summed E-state index contributed by atoms with van der Waals surface area (Å²) in [4.78, 5) is 12.7. The monoisotopic (exact) mass is 368 g/mol. The van der Waals surface area contributed by atoms with E-state index in [0.717, 1.165) is 45.6 Å². The largest absolute Gasteiger partial charge is 0.349 e. The Morgan fingerprint density at radius 1 is 1.15 bits per heavy atom. The van der Waals surface area contributed by atoms with E-state index in [1.807, 2.05) is 49.7 Å². The van der Waals surface area contributed by atoms with Gasteiger partial charge >= 0.3 is 0 Å². The molecule has 3 aromatic rings. The van der Waals surface area contributed by atoms with Crippen LogP contribution in [-0.2, 0) is 13.6 Å². The number of thioether (sulfide) groups is 1. The average Bonchev–Trinajstić information content (AvgIpc) is 3.12. The summed E-state index contributed by atoms with van der Waals surface area (Å²) < 4.78 is 4.12. The summed E-state index contributed by atoms with van der Waals surface area (Å²) in [6.45, 7) is 9.07. The van der Waals surface area contributed by atoms with Gasteiger partial charge in [-0.2, -0.15) is 0 Å². The van der Waals surface area contributed by atoms with E-state index in [-0.39, 0.29) is 5.78 Å². The highest BCUT2D eigenvalue weighted by Gasteiger charge is 2.18. The summed E-state index contributed by atoms with van der Waals surface area (Å²) in [5.41, 5.74) is 5.18. The van der Waals surface area contributed by atoms with Crippen LogP contribution in [0.25, 0.3) is 11.4 Å². The second-order valence-corrected chi connectivity index (χ2v) is 7.36. The number of nitrogens with zero attached hydrogens (tertiary/aromatic N) is 4. The van der Waals surface area contributed by atoms with Crippen molar-refractivity contribution in [3.05, 3.63) is 52.8 Å². The molecule has 0 radical (unpaired) electrons. The molecule has 3 rings (SSSR count). The molecule has 6 heteroatoms. The van der Waals surface area contributed by atoms with Crippen LogP contribution in [0.4, 0.5) is 0 Å². The van der Waals surface area contributed by atoms with Gasteiger partial charge in [0.2, 0.25) is 0 Å². The third-order valence-corrected chi connectivity index (χ3v) is 5.76. The van der Waals surface area contributed by atoms with Gasteiger partial charge in [0, 0.05) is 36.1 Å². The fourth-order valence-electron chi connectivity index (χ4n) is 3.28. The van der Waals surface area contributed by atoms with Crippen LogP contribution in [-0.4, -0.2) is 30.9 Å². The van der Waals surface area contributed by atoms with E-state index >= 15 is 0 Å². The first-order valence-corrected chi connectivity index (χ1v) is 9.70. The van der Waals surface area contributed by atoms with Gasteiger partial charge in [-0.3, -0.25) is 4.79 Å². The molecule has 0 saturated heterocycles. The Bertz CT molecular complexity index is 955. The van der Waals surface area contributed by atoms with Gasteiger partial charge in [-0.25, -0.2) is 0 Å². The Balaban J connectivity index is 1.77.